The lowest BCUT2D eigenvalue weighted by Gasteiger charge is -2.10. The van der Waals surface area contributed by atoms with E-state index in [4.69, 9.17) is 5.73 Å². The summed E-state index contributed by atoms with van der Waals surface area (Å²) in [6, 6.07) is 17.0. The molecule has 0 aliphatic heterocycles. The van der Waals surface area contributed by atoms with Crippen LogP contribution in [-0.2, 0) is 0 Å². The van der Waals surface area contributed by atoms with Gasteiger partial charge in [-0.3, -0.25) is 9.78 Å². The Morgan fingerprint density at radius 3 is 2.41 bits per heavy atom. The first kappa shape index (κ1) is 16.7. The Balaban J connectivity index is 1.81. The van der Waals surface area contributed by atoms with Crippen molar-refractivity contribution in [2.24, 2.45) is 5.73 Å². The fourth-order valence-electron chi connectivity index (χ4n) is 2.95. The van der Waals surface area contributed by atoms with E-state index in [0.717, 1.165) is 33.4 Å². The molecule has 1 amide bonds. The summed E-state index contributed by atoms with van der Waals surface area (Å²) < 4.78 is 0. The highest BCUT2D eigenvalue weighted by Crippen LogP contribution is 2.29. The number of hydrogen-bond donors (Lipinski definition) is 2. The van der Waals surface area contributed by atoms with Gasteiger partial charge in [-0.05, 0) is 47.5 Å². The van der Waals surface area contributed by atoms with Crippen LogP contribution in [-0.4, -0.2) is 27.9 Å². The fraction of sp³-hybridized carbons (Fsp3) is 0.0476. The highest BCUT2D eigenvalue weighted by Gasteiger charge is 2.10. The molecule has 2 aromatic carbocycles. The minimum Gasteiger partial charge on any atom is -0.373 e. The van der Waals surface area contributed by atoms with Crippen LogP contribution in [0.3, 0.4) is 0 Å². The lowest BCUT2D eigenvalue weighted by molar-refractivity contribution is 0.100. The third kappa shape index (κ3) is 3.20. The van der Waals surface area contributed by atoms with Crippen molar-refractivity contribution in [2.45, 2.75) is 0 Å². The van der Waals surface area contributed by atoms with Crippen LogP contribution >= 0.6 is 0 Å². The molecule has 6 heteroatoms. The largest absolute Gasteiger partial charge is 0.373 e. The first-order valence-corrected chi connectivity index (χ1v) is 8.46. The van der Waals surface area contributed by atoms with Gasteiger partial charge in [-0.2, -0.15) is 0 Å². The van der Waals surface area contributed by atoms with Crippen LogP contribution in [0.2, 0.25) is 0 Å². The second-order valence-corrected chi connectivity index (χ2v) is 6.06. The molecule has 27 heavy (non-hydrogen) atoms. The van der Waals surface area contributed by atoms with E-state index in [2.05, 4.69) is 20.3 Å². The summed E-state index contributed by atoms with van der Waals surface area (Å²) in [7, 11) is 1.84. The monoisotopic (exact) mass is 355 g/mol. The first-order valence-electron chi connectivity index (χ1n) is 8.46. The van der Waals surface area contributed by atoms with Crippen molar-refractivity contribution in [1.82, 2.24) is 15.0 Å². The molecule has 0 saturated heterocycles. The quantitative estimate of drug-likeness (QED) is 0.584. The van der Waals surface area contributed by atoms with Crippen LogP contribution in [0.25, 0.3) is 33.4 Å². The normalized spacial score (nSPS) is 10.7. The molecule has 3 N–H and O–H groups in total. The molecule has 0 fully saturated rings. The topological polar surface area (TPSA) is 93.8 Å². The zero-order valence-corrected chi connectivity index (χ0v) is 14.7. The maximum absolute atomic E-state index is 11.2. The van der Waals surface area contributed by atoms with E-state index in [9.17, 15) is 4.79 Å². The van der Waals surface area contributed by atoms with Crippen molar-refractivity contribution in [3.63, 3.8) is 0 Å². The number of fused-ring (bicyclic) bond motifs is 1. The number of benzene rings is 2. The average molecular weight is 355 g/mol. The van der Waals surface area contributed by atoms with Crippen molar-refractivity contribution in [1.29, 1.82) is 0 Å². The molecule has 2 heterocycles. The summed E-state index contributed by atoms with van der Waals surface area (Å²) in [4.78, 5) is 24.7. The minimum atomic E-state index is -0.436. The van der Waals surface area contributed by atoms with Gasteiger partial charge in [-0.15, -0.1) is 0 Å². The molecule has 0 radical (unpaired) electrons. The van der Waals surface area contributed by atoms with Gasteiger partial charge in [-0.1, -0.05) is 18.2 Å². The highest BCUT2D eigenvalue weighted by atomic mass is 16.1. The number of primary amides is 1. The fourth-order valence-corrected chi connectivity index (χ4v) is 2.95. The Morgan fingerprint density at radius 2 is 1.74 bits per heavy atom. The molecular formula is C21H17N5O. The van der Waals surface area contributed by atoms with Crippen LogP contribution in [0.5, 0.6) is 0 Å². The van der Waals surface area contributed by atoms with E-state index in [1.807, 2.05) is 49.5 Å². The van der Waals surface area contributed by atoms with Gasteiger partial charge in [0.05, 0.1) is 5.52 Å². The lowest BCUT2D eigenvalue weighted by atomic mass is 10.0. The number of anilines is 1. The van der Waals surface area contributed by atoms with Crippen LogP contribution in [0.4, 0.5) is 5.82 Å². The summed E-state index contributed by atoms with van der Waals surface area (Å²) in [6.07, 6.45) is 3.47. The van der Waals surface area contributed by atoms with Gasteiger partial charge in [0.1, 0.15) is 5.82 Å². The molecule has 0 saturated carbocycles. The molecule has 0 aliphatic rings. The van der Waals surface area contributed by atoms with E-state index < -0.39 is 5.91 Å². The Bertz CT molecular complexity index is 1120. The van der Waals surface area contributed by atoms with Crippen LogP contribution in [0.1, 0.15) is 10.4 Å². The number of rotatable bonds is 4. The summed E-state index contributed by atoms with van der Waals surface area (Å²) >= 11 is 0. The molecule has 0 unspecified atom stereocenters. The molecule has 0 aliphatic carbocycles. The molecule has 6 nitrogen and oxygen atoms in total. The van der Waals surface area contributed by atoms with Crippen molar-refractivity contribution in [3.8, 4) is 22.5 Å². The van der Waals surface area contributed by atoms with Gasteiger partial charge in [0.15, 0.2) is 5.82 Å². The van der Waals surface area contributed by atoms with E-state index in [0.29, 0.717) is 11.4 Å². The summed E-state index contributed by atoms with van der Waals surface area (Å²) in [5.41, 5.74) is 9.49. The molecule has 0 spiro atoms. The number of amides is 1. The first-order chi connectivity index (χ1) is 13.2. The van der Waals surface area contributed by atoms with Crippen molar-refractivity contribution in [2.75, 3.05) is 12.4 Å². The molecule has 0 bridgehead atoms. The maximum Gasteiger partial charge on any atom is 0.248 e. The van der Waals surface area contributed by atoms with Crippen molar-refractivity contribution >= 4 is 22.6 Å². The zero-order valence-electron chi connectivity index (χ0n) is 14.7. The zero-order chi connectivity index (χ0) is 18.8. The molecule has 2 aromatic heterocycles. The molecule has 4 aromatic rings. The van der Waals surface area contributed by atoms with Gasteiger partial charge in [0.25, 0.3) is 0 Å². The van der Waals surface area contributed by atoms with E-state index in [-0.39, 0.29) is 0 Å². The Kier molecular flexibility index (Phi) is 4.22. The standard InChI is InChI=1S/C21H17N5O/c1-23-21-17-11-15(13-4-6-14(7-5-13)19(22)27)8-9-18(17)25-20(26-21)16-3-2-10-24-12-16/h2-12H,1H3,(H2,22,27)(H,23,25,26). The number of nitrogens with one attached hydrogen (secondary N) is 1. The minimum absolute atomic E-state index is 0.436. The predicted octanol–water partition coefficient (Wildman–Crippen LogP) is 3.50. The SMILES string of the molecule is CNc1nc(-c2cccnc2)nc2ccc(-c3ccc(C(N)=O)cc3)cc12. The number of pyridine rings is 1. The number of hydrogen-bond acceptors (Lipinski definition) is 5. The molecule has 0 atom stereocenters. The third-order valence-electron chi connectivity index (χ3n) is 4.36. The Morgan fingerprint density at radius 1 is 0.963 bits per heavy atom. The van der Waals surface area contributed by atoms with E-state index >= 15 is 0 Å². The van der Waals surface area contributed by atoms with Crippen molar-refractivity contribution < 1.29 is 4.79 Å². The van der Waals surface area contributed by atoms with Gasteiger partial charge < -0.3 is 11.1 Å². The average Bonchev–Trinajstić information content (AvgIpc) is 2.73. The second kappa shape index (κ2) is 6.84. The highest BCUT2D eigenvalue weighted by molar-refractivity contribution is 5.95. The number of aromatic nitrogens is 3. The van der Waals surface area contributed by atoms with Crippen molar-refractivity contribution in [3.05, 3.63) is 72.6 Å². The lowest BCUT2D eigenvalue weighted by Crippen LogP contribution is -2.10. The van der Waals surface area contributed by atoms with E-state index in [1.54, 1.807) is 24.5 Å². The molecule has 132 valence electrons. The molecular weight excluding hydrogens is 338 g/mol. The summed E-state index contributed by atoms with van der Waals surface area (Å²) in [5, 5.41) is 4.07. The van der Waals surface area contributed by atoms with E-state index in [1.165, 1.54) is 0 Å². The predicted molar refractivity (Wildman–Crippen MR) is 106 cm³/mol. The summed E-state index contributed by atoms with van der Waals surface area (Å²) in [5.74, 6) is 0.932. The van der Waals surface area contributed by atoms with Crippen LogP contribution < -0.4 is 11.1 Å². The van der Waals surface area contributed by atoms with Gasteiger partial charge in [0, 0.05) is 36.0 Å². The number of carbonyl (C=O) groups excluding carboxylic acids is 1. The Labute approximate surface area is 156 Å². The summed E-state index contributed by atoms with van der Waals surface area (Å²) in [6.45, 7) is 0. The molecule has 4 rings (SSSR count). The number of nitrogens with zero attached hydrogens (tertiary/aromatic N) is 3. The second-order valence-electron chi connectivity index (χ2n) is 6.06. The van der Waals surface area contributed by atoms with Gasteiger partial charge in [0.2, 0.25) is 5.91 Å². The maximum atomic E-state index is 11.2. The van der Waals surface area contributed by atoms with Crippen LogP contribution in [0.15, 0.2) is 67.0 Å². The van der Waals surface area contributed by atoms with Gasteiger partial charge in [-0.25, -0.2) is 9.97 Å². The smallest absolute Gasteiger partial charge is 0.248 e. The number of nitrogens with two attached hydrogens (primary N) is 1. The van der Waals surface area contributed by atoms with Gasteiger partial charge >= 0.3 is 0 Å². The Hall–Kier alpha value is -3.80. The van der Waals surface area contributed by atoms with Crippen LogP contribution in [0, 0.1) is 0 Å². The third-order valence-corrected chi connectivity index (χ3v) is 4.36. The number of carbonyl (C=O) groups is 1.